The van der Waals surface area contributed by atoms with Crippen LogP contribution in [0, 0.1) is 0 Å². The predicted octanol–water partition coefficient (Wildman–Crippen LogP) is 4.18. The van der Waals surface area contributed by atoms with Crippen molar-refractivity contribution in [3.05, 3.63) is 66.2 Å². The fourth-order valence-corrected chi connectivity index (χ4v) is 3.09. The molecule has 2 aromatic heterocycles. The van der Waals surface area contributed by atoms with Crippen molar-refractivity contribution in [2.75, 3.05) is 0 Å². The van der Waals surface area contributed by atoms with E-state index in [-0.39, 0.29) is 5.78 Å². The monoisotopic (exact) mass is 330 g/mol. The summed E-state index contributed by atoms with van der Waals surface area (Å²) in [5.41, 5.74) is 4.58. The number of ketones is 1. The molecule has 124 valence electrons. The number of Topliss-reactive ketones (excluding diaryl/α,β-unsaturated/α-hetero) is 1. The number of nitrogens with one attached hydrogen (secondary N) is 1. The van der Waals surface area contributed by atoms with Gasteiger partial charge in [-0.25, -0.2) is 9.97 Å². The minimum atomic E-state index is 0.0503. The molecule has 1 N–H and O–H groups in total. The highest BCUT2D eigenvalue weighted by atomic mass is 16.1. The van der Waals surface area contributed by atoms with Gasteiger partial charge in [-0.05, 0) is 37.3 Å². The summed E-state index contributed by atoms with van der Waals surface area (Å²) in [6.45, 7) is 3.66. The maximum atomic E-state index is 11.7. The van der Waals surface area contributed by atoms with E-state index in [1.54, 1.807) is 13.1 Å². The molecule has 0 radical (unpaired) electrons. The number of aromatic nitrogens is 4. The third-order valence-corrected chi connectivity index (χ3v) is 4.32. The van der Waals surface area contributed by atoms with Gasteiger partial charge < -0.3 is 4.98 Å². The number of aryl methyl sites for hydroxylation is 1. The number of carbonyl (C=O) groups excluding carboxylic acids is 1. The molecular formula is C20H18N4O. The van der Waals surface area contributed by atoms with Crippen LogP contribution in [0.4, 0.5) is 0 Å². The maximum absolute atomic E-state index is 11.7. The first-order valence-electron chi connectivity index (χ1n) is 8.30. The molecule has 0 saturated carbocycles. The lowest BCUT2D eigenvalue weighted by atomic mass is 10.1. The summed E-state index contributed by atoms with van der Waals surface area (Å²) in [5.74, 6) is 1.85. The third kappa shape index (κ3) is 2.63. The van der Waals surface area contributed by atoms with E-state index in [1.165, 1.54) is 0 Å². The van der Waals surface area contributed by atoms with Crippen molar-refractivity contribution in [2.24, 2.45) is 0 Å². The van der Waals surface area contributed by atoms with E-state index in [0.29, 0.717) is 5.56 Å². The Morgan fingerprint density at radius 2 is 2.08 bits per heavy atom. The molecule has 0 aliphatic heterocycles. The van der Waals surface area contributed by atoms with Crippen molar-refractivity contribution in [1.29, 1.82) is 0 Å². The lowest BCUT2D eigenvalue weighted by Gasteiger charge is -2.10. The second-order valence-corrected chi connectivity index (χ2v) is 5.96. The van der Waals surface area contributed by atoms with E-state index in [0.717, 1.165) is 40.4 Å². The topological polar surface area (TPSA) is 63.6 Å². The van der Waals surface area contributed by atoms with Crippen molar-refractivity contribution >= 4 is 16.8 Å². The number of aromatic amines is 1. The van der Waals surface area contributed by atoms with E-state index >= 15 is 0 Å². The number of benzene rings is 2. The van der Waals surface area contributed by atoms with E-state index in [2.05, 4.69) is 33.6 Å². The zero-order valence-electron chi connectivity index (χ0n) is 14.2. The van der Waals surface area contributed by atoms with Gasteiger partial charge in [0.05, 0.1) is 11.0 Å². The summed E-state index contributed by atoms with van der Waals surface area (Å²) in [5, 5.41) is 0. The Morgan fingerprint density at radius 3 is 2.80 bits per heavy atom. The largest absolute Gasteiger partial charge is 0.345 e. The van der Waals surface area contributed by atoms with Crippen LogP contribution in [-0.2, 0) is 6.42 Å². The Morgan fingerprint density at radius 1 is 1.20 bits per heavy atom. The Kier molecular flexibility index (Phi) is 3.69. The SMILES string of the molecule is CCc1nc2cc(C(C)=O)ccc2n1-c1cccc(-c2ncc[nH]2)c1. The fraction of sp³-hybridized carbons (Fsp3) is 0.150. The lowest BCUT2D eigenvalue weighted by molar-refractivity contribution is 0.101. The molecule has 0 aliphatic rings. The Hall–Kier alpha value is -3.21. The first-order valence-corrected chi connectivity index (χ1v) is 8.30. The fourth-order valence-electron chi connectivity index (χ4n) is 3.09. The van der Waals surface area contributed by atoms with Gasteiger partial charge in [-0.2, -0.15) is 0 Å². The highest BCUT2D eigenvalue weighted by Gasteiger charge is 2.13. The number of hydrogen-bond acceptors (Lipinski definition) is 3. The molecular weight excluding hydrogens is 312 g/mol. The van der Waals surface area contributed by atoms with Gasteiger partial charge in [0.15, 0.2) is 5.78 Å². The second kappa shape index (κ2) is 6.02. The van der Waals surface area contributed by atoms with E-state index in [9.17, 15) is 4.79 Å². The van der Waals surface area contributed by atoms with Gasteiger partial charge in [0, 0.05) is 35.6 Å². The number of carbonyl (C=O) groups is 1. The molecule has 0 amide bonds. The zero-order chi connectivity index (χ0) is 17.4. The molecule has 0 atom stereocenters. The molecule has 0 saturated heterocycles. The molecule has 0 fully saturated rings. The Labute approximate surface area is 145 Å². The lowest BCUT2D eigenvalue weighted by Crippen LogP contribution is -2.00. The summed E-state index contributed by atoms with van der Waals surface area (Å²) >= 11 is 0. The van der Waals surface area contributed by atoms with Crippen molar-refractivity contribution in [3.63, 3.8) is 0 Å². The van der Waals surface area contributed by atoms with Gasteiger partial charge in [0.25, 0.3) is 0 Å². The molecule has 5 heteroatoms. The van der Waals surface area contributed by atoms with Crippen molar-refractivity contribution < 1.29 is 4.79 Å². The number of nitrogens with zero attached hydrogens (tertiary/aromatic N) is 3. The Balaban J connectivity index is 1.91. The normalized spacial score (nSPS) is 11.1. The summed E-state index contributed by atoms with van der Waals surface area (Å²) in [4.78, 5) is 23.8. The van der Waals surface area contributed by atoms with Crippen molar-refractivity contribution in [1.82, 2.24) is 19.5 Å². The summed E-state index contributed by atoms with van der Waals surface area (Å²) in [6.07, 6.45) is 4.36. The van der Waals surface area contributed by atoms with E-state index < -0.39 is 0 Å². The van der Waals surface area contributed by atoms with Crippen molar-refractivity contribution in [3.8, 4) is 17.1 Å². The summed E-state index contributed by atoms with van der Waals surface area (Å²) < 4.78 is 2.14. The number of hydrogen-bond donors (Lipinski definition) is 1. The molecule has 2 aromatic carbocycles. The van der Waals surface area contributed by atoms with Crippen molar-refractivity contribution in [2.45, 2.75) is 20.3 Å². The van der Waals surface area contributed by atoms with Crippen LogP contribution in [-0.4, -0.2) is 25.3 Å². The van der Waals surface area contributed by atoms with Gasteiger partial charge in [-0.15, -0.1) is 0 Å². The van der Waals surface area contributed by atoms with Crippen LogP contribution in [0.2, 0.25) is 0 Å². The molecule has 0 spiro atoms. The molecule has 5 nitrogen and oxygen atoms in total. The number of H-pyrrole nitrogens is 1. The van der Waals surface area contributed by atoms with Crippen LogP contribution in [0.3, 0.4) is 0 Å². The molecule has 25 heavy (non-hydrogen) atoms. The van der Waals surface area contributed by atoms with Crippen LogP contribution in [0.5, 0.6) is 0 Å². The van der Waals surface area contributed by atoms with Gasteiger partial charge >= 0.3 is 0 Å². The number of imidazole rings is 2. The smallest absolute Gasteiger partial charge is 0.159 e. The van der Waals surface area contributed by atoms with Crippen LogP contribution in [0.1, 0.15) is 30.0 Å². The first-order chi connectivity index (χ1) is 12.2. The molecule has 0 aliphatic carbocycles. The molecule has 2 heterocycles. The minimum Gasteiger partial charge on any atom is -0.345 e. The minimum absolute atomic E-state index is 0.0503. The van der Waals surface area contributed by atoms with Gasteiger partial charge in [-0.3, -0.25) is 9.36 Å². The number of fused-ring (bicyclic) bond motifs is 1. The average Bonchev–Trinajstić information content (AvgIpc) is 3.28. The first kappa shape index (κ1) is 15.3. The highest BCUT2D eigenvalue weighted by molar-refractivity contribution is 5.97. The van der Waals surface area contributed by atoms with Gasteiger partial charge in [0.1, 0.15) is 11.6 Å². The third-order valence-electron chi connectivity index (χ3n) is 4.32. The second-order valence-electron chi connectivity index (χ2n) is 5.96. The van der Waals surface area contributed by atoms with Gasteiger partial charge in [-0.1, -0.05) is 19.1 Å². The molecule has 4 rings (SSSR count). The standard InChI is InChI=1S/C20H18N4O/c1-3-19-23-17-12-14(13(2)25)7-8-18(17)24(19)16-6-4-5-15(11-16)20-21-9-10-22-20/h4-12H,3H2,1-2H3,(H,21,22). The van der Waals surface area contributed by atoms with Crippen LogP contribution in [0.25, 0.3) is 28.1 Å². The maximum Gasteiger partial charge on any atom is 0.159 e. The van der Waals surface area contributed by atoms with Crippen LogP contribution in [0.15, 0.2) is 54.9 Å². The van der Waals surface area contributed by atoms with Crippen LogP contribution < -0.4 is 0 Å². The molecule has 0 unspecified atom stereocenters. The predicted molar refractivity (Wildman–Crippen MR) is 98.0 cm³/mol. The molecule has 0 bridgehead atoms. The van der Waals surface area contributed by atoms with Gasteiger partial charge in [0.2, 0.25) is 0 Å². The summed E-state index contributed by atoms with van der Waals surface area (Å²) in [6, 6.07) is 13.9. The Bertz CT molecular complexity index is 1060. The summed E-state index contributed by atoms with van der Waals surface area (Å²) in [7, 11) is 0. The number of rotatable bonds is 4. The quantitative estimate of drug-likeness (QED) is 0.571. The van der Waals surface area contributed by atoms with E-state index in [4.69, 9.17) is 4.98 Å². The highest BCUT2D eigenvalue weighted by Crippen LogP contribution is 2.26. The van der Waals surface area contributed by atoms with Crippen LogP contribution >= 0.6 is 0 Å². The zero-order valence-corrected chi connectivity index (χ0v) is 14.2. The molecule has 4 aromatic rings. The van der Waals surface area contributed by atoms with E-state index in [1.807, 2.05) is 36.5 Å². The average molecular weight is 330 g/mol.